The Morgan fingerprint density at radius 2 is 1.88 bits per heavy atom. The van der Waals surface area contributed by atoms with Gasteiger partial charge in [-0.2, -0.15) is 0 Å². The third kappa shape index (κ3) is 4.65. The average Bonchev–Trinajstić information content (AvgIpc) is 3.54. The van der Waals surface area contributed by atoms with Gasteiger partial charge in [-0.3, -0.25) is 9.69 Å². The number of piperazine rings is 1. The second-order valence-corrected chi connectivity index (χ2v) is 10.1. The number of thiophene rings is 1. The molecule has 0 spiro atoms. The van der Waals surface area contributed by atoms with Crippen LogP contribution in [0.5, 0.6) is 5.75 Å². The van der Waals surface area contributed by atoms with Crippen molar-refractivity contribution in [1.29, 1.82) is 0 Å². The number of hydrogen-bond donors (Lipinski definition) is 1. The molecule has 1 aromatic carbocycles. The first kappa shape index (κ1) is 23.1. The first-order chi connectivity index (χ1) is 16.7. The normalized spacial score (nSPS) is 17.8. The van der Waals surface area contributed by atoms with Crippen molar-refractivity contribution >= 4 is 22.2 Å². The van der Waals surface area contributed by atoms with Gasteiger partial charge in [-0.25, -0.2) is 0 Å². The van der Waals surface area contributed by atoms with E-state index in [2.05, 4.69) is 34.2 Å². The van der Waals surface area contributed by atoms with Crippen molar-refractivity contribution in [1.82, 2.24) is 9.80 Å². The van der Waals surface area contributed by atoms with Crippen LogP contribution in [0.15, 0.2) is 47.1 Å². The number of ether oxygens (including phenoxy) is 1. The molecule has 1 aliphatic carbocycles. The Morgan fingerprint density at radius 1 is 1.12 bits per heavy atom. The quantitative estimate of drug-likeness (QED) is 0.504. The molecule has 1 atom stereocenters. The minimum atomic E-state index is -0.186. The zero-order valence-corrected chi connectivity index (χ0v) is 20.8. The number of carbonyl (C=O) groups excluding carboxylic acids is 1. The minimum Gasteiger partial charge on any atom is -0.497 e. The zero-order chi connectivity index (χ0) is 23.5. The molecule has 1 amide bonds. The van der Waals surface area contributed by atoms with Crippen LogP contribution >= 0.6 is 11.3 Å². The monoisotopic (exact) mass is 479 g/mol. The maximum atomic E-state index is 13.0. The number of rotatable bonds is 7. The molecular weight excluding hydrogens is 446 g/mol. The Balaban J connectivity index is 1.57. The highest BCUT2D eigenvalue weighted by Gasteiger charge is 2.33. The van der Waals surface area contributed by atoms with Crippen LogP contribution in [0.4, 0.5) is 5.00 Å². The van der Waals surface area contributed by atoms with Gasteiger partial charge in [0.25, 0.3) is 5.91 Å². The summed E-state index contributed by atoms with van der Waals surface area (Å²) in [5.41, 5.74) is 3.95. The van der Waals surface area contributed by atoms with E-state index in [1.165, 1.54) is 34.4 Å². The van der Waals surface area contributed by atoms with Gasteiger partial charge in [0, 0.05) is 36.6 Å². The summed E-state index contributed by atoms with van der Waals surface area (Å²) in [5.74, 6) is 1.01. The van der Waals surface area contributed by atoms with Crippen molar-refractivity contribution in [2.45, 2.75) is 38.6 Å². The number of benzene rings is 1. The van der Waals surface area contributed by atoms with Gasteiger partial charge in [0.2, 0.25) is 0 Å². The van der Waals surface area contributed by atoms with Gasteiger partial charge >= 0.3 is 0 Å². The second kappa shape index (κ2) is 10.3. The van der Waals surface area contributed by atoms with Crippen LogP contribution in [-0.4, -0.2) is 55.5 Å². The molecule has 0 radical (unpaired) electrons. The molecule has 2 aromatic heterocycles. The molecule has 1 N–H and O–H groups in total. The largest absolute Gasteiger partial charge is 0.497 e. The van der Waals surface area contributed by atoms with Crippen molar-refractivity contribution in [3.8, 4) is 5.75 Å². The molecule has 180 valence electrons. The summed E-state index contributed by atoms with van der Waals surface area (Å²) in [6.45, 7) is 7.43. The first-order valence-corrected chi connectivity index (χ1v) is 13.1. The maximum absolute atomic E-state index is 13.0. The fraction of sp³-hybridized carbons (Fsp3) is 0.444. The summed E-state index contributed by atoms with van der Waals surface area (Å²) in [4.78, 5) is 19.5. The number of nitrogens with zero attached hydrogens (tertiary/aromatic N) is 2. The Morgan fingerprint density at radius 3 is 2.56 bits per heavy atom. The summed E-state index contributed by atoms with van der Waals surface area (Å²) in [7, 11) is 1.70. The van der Waals surface area contributed by atoms with Gasteiger partial charge in [-0.15, -0.1) is 11.3 Å². The van der Waals surface area contributed by atoms with E-state index < -0.39 is 0 Å². The number of amides is 1. The van der Waals surface area contributed by atoms with E-state index in [4.69, 9.17) is 9.15 Å². The van der Waals surface area contributed by atoms with Gasteiger partial charge in [0.15, 0.2) is 5.76 Å². The van der Waals surface area contributed by atoms with Gasteiger partial charge in [-0.05, 0) is 67.6 Å². The number of carbonyl (C=O) groups is 1. The lowest BCUT2D eigenvalue weighted by Gasteiger charge is -2.40. The van der Waals surface area contributed by atoms with E-state index in [1.807, 2.05) is 12.1 Å². The Labute approximate surface area is 205 Å². The fourth-order valence-electron chi connectivity index (χ4n) is 5.23. The van der Waals surface area contributed by atoms with E-state index in [1.54, 1.807) is 36.8 Å². The van der Waals surface area contributed by atoms with E-state index >= 15 is 0 Å². The van der Waals surface area contributed by atoms with Crippen LogP contribution in [0, 0.1) is 0 Å². The number of fused-ring (bicyclic) bond motifs is 1. The lowest BCUT2D eigenvalue weighted by Crippen LogP contribution is -2.47. The summed E-state index contributed by atoms with van der Waals surface area (Å²) in [5, 5.41) is 4.19. The molecule has 7 heteroatoms. The van der Waals surface area contributed by atoms with Crippen molar-refractivity contribution in [2.75, 3.05) is 45.2 Å². The molecule has 2 aliphatic rings. The highest BCUT2D eigenvalue weighted by atomic mass is 32.1. The molecule has 0 unspecified atom stereocenters. The lowest BCUT2D eigenvalue weighted by molar-refractivity contribution is 0.0995. The molecule has 1 aliphatic heterocycles. The third-order valence-corrected chi connectivity index (χ3v) is 8.33. The summed E-state index contributed by atoms with van der Waals surface area (Å²) < 4.78 is 10.8. The van der Waals surface area contributed by atoms with Gasteiger partial charge in [0.1, 0.15) is 10.8 Å². The highest BCUT2D eigenvalue weighted by molar-refractivity contribution is 7.16. The van der Waals surface area contributed by atoms with Crippen LogP contribution in [0.3, 0.4) is 0 Å². The number of methoxy groups -OCH3 is 1. The predicted molar refractivity (Wildman–Crippen MR) is 136 cm³/mol. The standard InChI is InChI=1S/C27H33N3O3S/c1-3-29-14-16-30(17-15-29)25(19-10-12-20(32-2)13-11-19)24-21-7-4-5-9-23(21)34-27(24)28-26(31)22-8-6-18-33-22/h6,8,10-13,18,25H,3-5,7,9,14-17H2,1-2H3,(H,28,31)/t25-/m1/s1. The molecule has 1 fully saturated rings. The Bertz CT molecular complexity index is 1100. The minimum absolute atomic E-state index is 0.0925. The van der Waals surface area contributed by atoms with Gasteiger partial charge in [-0.1, -0.05) is 19.1 Å². The van der Waals surface area contributed by atoms with Crippen LogP contribution in [0.2, 0.25) is 0 Å². The van der Waals surface area contributed by atoms with E-state index in [0.29, 0.717) is 5.76 Å². The predicted octanol–water partition coefficient (Wildman–Crippen LogP) is 5.21. The van der Waals surface area contributed by atoms with Gasteiger partial charge < -0.3 is 19.4 Å². The zero-order valence-electron chi connectivity index (χ0n) is 20.0. The van der Waals surface area contributed by atoms with E-state index in [9.17, 15) is 4.79 Å². The lowest BCUT2D eigenvalue weighted by atomic mass is 9.88. The smallest absolute Gasteiger partial charge is 0.291 e. The number of anilines is 1. The van der Waals surface area contributed by atoms with Crippen LogP contribution < -0.4 is 10.1 Å². The Kier molecular flexibility index (Phi) is 7.04. The fourth-order valence-corrected chi connectivity index (χ4v) is 6.55. The summed E-state index contributed by atoms with van der Waals surface area (Å²) in [6, 6.07) is 12.0. The Hall–Kier alpha value is -2.61. The molecular formula is C27H33N3O3S. The van der Waals surface area contributed by atoms with E-state index in [0.717, 1.165) is 56.3 Å². The number of aryl methyl sites for hydroxylation is 1. The van der Waals surface area contributed by atoms with Crippen LogP contribution in [0.25, 0.3) is 0 Å². The molecule has 0 saturated carbocycles. The first-order valence-electron chi connectivity index (χ1n) is 12.3. The maximum Gasteiger partial charge on any atom is 0.291 e. The summed E-state index contributed by atoms with van der Waals surface area (Å²) >= 11 is 1.75. The average molecular weight is 480 g/mol. The number of furan rings is 1. The molecule has 6 nitrogen and oxygen atoms in total. The molecule has 1 saturated heterocycles. The number of hydrogen-bond acceptors (Lipinski definition) is 6. The van der Waals surface area contributed by atoms with Crippen molar-refractivity contribution in [3.05, 3.63) is 70.0 Å². The molecule has 3 aromatic rings. The molecule has 3 heterocycles. The van der Waals surface area contributed by atoms with Crippen LogP contribution in [0.1, 0.15) is 57.9 Å². The molecule has 34 heavy (non-hydrogen) atoms. The highest BCUT2D eigenvalue weighted by Crippen LogP contribution is 2.46. The molecule has 0 bridgehead atoms. The third-order valence-electron chi connectivity index (χ3n) is 7.11. The topological polar surface area (TPSA) is 58.0 Å². The van der Waals surface area contributed by atoms with Crippen molar-refractivity contribution in [2.24, 2.45) is 0 Å². The second-order valence-electron chi connectivity index (χ2n) is 9.03. The van der Waals surface area contributed by atoms with Crippen molar-refractivity contribution in [3.63, 3.8) is 0 Å². The molecule has 5 rings (SSSR count). The van der Waals surface area contributed by atoms with Crippen molar-refractivity contribution < 1.29 is 13.9 Å². The van der Waals surface area contributed by atoms with E-state index in [-0.39, 0.29) is 11.9 Å². The number of likely N-dealkylation sites (N-methyl/N-ethyl adjacent to an activating group) is 1. The number of nitrogens with one attached hydrogen (secondary N) is 1. The van der Waals surface area contributed by atoms with Gasteiger partial charge in [0.05, 0.1) is 19.4 Å². The van der Waals surface area contributed by atoms with Crippen LogP contribution in [-0.2, 0) is 12.8 Å². The summed E-state index contributed by atoms with van der Waals surface area (Å²) in [6.07, 6.45) is 6.10. The SMILES string of the molecule is CCN1CCN([C@H](c2ccc(OC)cc2)c2c(NC(=O)c3ccco3)sc3c2CCCC3)CC1.